The molecule has 0 amide bonds. The summed E-state index contributed by atoms with van der Waals surface area (Å²) >= 11 is 0. The van der Waals surface area contributed by atoms with Gasteiger partial charge in [-0.05, 0) is 57.2 Å². The molecule has 4 heterocycles. The predicted molar refractivity (Wildman–Crippen MR) is 144 cm³/mol. The number of benzene rings is 3. The molecule has 0 aliphatic carbocycles. The summed E-state index contributed by atoms with van der Waals surface area (Å²) in [5.41, 5.74) is 0.270. The Hall–Kier alpha value is -5.11. The third-order valence-corrected chi connectivity index (χ3v) is 7.23. The van der Waals surface area contributed by atoms with Crippen molar-refractivity contribution in [2.24, 2.45) is 0 Å². The molecule has 8 heteroatoms. The number of aryl methyl sites for hydroxylation is 3. The minimum Gasteiger partial charge on any atom is -0.507 e. The lowest BCUT2D eigenvalue weighted by molar-refractivity contribution is 0.416. The maximum Gasteiger partial charge on any atom is 0.344 e. The maximum absolute atomic E-state index is 13.5. The van der Waals surface area contributed by atoms with Crippen LogP contribution in [0, 0.1) is 20.8 Å². The zero-order valence-electron chi connectivity index (χ0n) is 21.1. The minimum atomic E-state index is -1.38. The summed E-state index contributed by atoms with van der Waals surface area (Å²) in [6.45, 7) is 5.59. The van der Waals surface area contributed by atoms with Crippen molar-refractivity contribution in [3.8, 4) is 17.2 Å². The number of rotatable bonds is 1. The summed E-state index contributed by atoms with van der Waals surface area (Å²) in [5, 5.41) is 12.7. The fourth-order valence-electron chi connectivity index (χ4n) is 5.43. The number of fused-ring (bicyclic) bond motifs is 7. The summed E-state index contributed by atoms with van der Waals surface area (Å²) < 4.78 is 23.2. The highest BCUT2D eigenvalue weighted by Crippen LogP contribution is 2.51. The molecular formula is C31H20O8. The van der Waals surface area contributed by atoms with E-state index >= 15 is 0 Å². The second-order valence-electron chi connectivity index (χ2n) is 9.95. The van der Waals surface area contributed by atoms with E-state index in [1.54, 1.807) is 54.6 Å². The molecule has 0 fully saturated rings. The normalized spacial score (nSPS) is 13.0. The smallest absolute Gasteiger partial charge is 0.344 e. The third kappa shape index (κ3) is 3.28. The molecule has 1 N–H and O–H groups in total. The fraction of sp³-hybridized carbons (Fsp3) is 0.129. The summed E-state index contributed by atoms with van der Waals surface area (Å²) in [4.78, 5) is 40.5. The Morgan fingerprint density at radius 3 is 1.41 bits per heavy atom. The monoisotopic (exact) mass is 520 g/mol. The Balaban J connectivity index is 1.70. The van der Waals surface area contributed by atoms with Crippen LogP contribution in [-0.2, 0) is 0 Å². The van der Waals surface area contributed by atoms with Gasteiger partial charge in [0.25, 0.3) is 0 Å². The molecule has 6 aromatic rings. The van der Waals surface area contributed by atoms with E-state index < -0.39 is 28.5 Å². The zero-order valence-corrected chi connectivity index (χ0v) is 21.1. The number of hydrogen-bond donors (Lipinski definition) is 1. The second kappa shape index (κ2) is 7.94. The molecular weight excluding hydrogens is 500 g/mol. The van der Waals surface area contributed by atoms with Crippen LogP contribution in [-0.4, -0.2) is 5.11 Å². The zero-order chi connectivity index (χ0) is 27.2. The van der Waals surface area contributed by atoms with Crippen molar-refractivity contribution in [2.75, 3.05) is 0 Å². The van der Waals surface area contributed by atoms with Crippen LogP contribution in [0.3, 0.4) is 0 Å². The lowest BCUT2D eigenvalue weighted by Crippen LogP contribution is -2.29. The standard InChI is InChI=1S/C31H20O8/c1-13-4-7-19-16(10-13)26(32)23(29(33)36-19)22-24-27(17-11-14(2)5-8-20(17)37-30(24)34)39-28-18-12-15(3)6-9-21(18)38-31(35)25(22)28/h4-12,22,32H,1-3H3. The molecule has 3 aromatic heterocycles. The average molecular weight is 520 g/mol. The molecule has 0 saturated carbocycles. The van der Waals surface area contributed by atoms with Gasteiger partial charge in [-0.25, -0.2) is 14.4 Å². The van der Waals surface area contributed by atoms with Crippen LogP contribution in [0.5, 0.6) is 17.2 Å². The molecule has 0 unspecified atom stereocenters. The second-order valence-corrected chi connectivity index (χ2v) is 9.95. The molecule has 192 valence electrons. The predicted octanol–water partition coefficient (Wildman–Crippen LogP) is 5.92. The van der Waals surface area contributed by atoms with E-state index in [1.807, 2.05) is 20.8 Å². The summed E-state index contributed by atoms with van der Waals surface area (Å²) in [5.74, 6) is -1.51. The first-order chi connectivity index (χ1) is 18.7. The Labute approximate surface area is 219 Å². The topological polar surface area (TPSA) is 120 Å². The molecule has 0 atom stereocenters. The van der Waals surface area contributed by atoms with Gasteiger partial charge >= 0.3 is 16.9 Å². The lowest BCUT2D eigenvalue weighted by Gasteiger charge is -2.27. The summed E-state index contributed by atoms with van der Waals surface area (Å²) in [6, 6.07) is 15.5. The van der Waals surface area contributed by atoms with Crippen molar-refractivity contribution < 1.29 is 23.1 Å². The molecule has 3 aromatic carbocycles. The first kappa shape index (κ1) is 23.0. The van der Waals surface area contributed by atoms with Crippen LogP contribution in [0.2, 0.25) is 0 Å². The molecule has 8 nitrogen and oxygen atoms in total. The molecule has 0 spiro atoms. The first-order valence-corrected chi connectivity index (χ1v) is 12.3. The molecule has 1 aliphatic rings. The van der Waals surface area contributed by atoms with E-state index in [2.05, 4.69) is 0 Å². The van der Waals surface area contributed by atoms with Crippen molar-refractivity contribution in [2.45, 2.75) is 26.7 Å². The average Bonchev–Trinajstić information content (AvgIpc) is 2.90. The van der Waals surface area contributed by atoms with Gasteiger partial charge in [0.2, 0.25) is 0 Å². The lowest BCUT2D eigenvalue weighted by atomic mass is 9.82. The molecule has 0 bridgehead atoms. The van der Waals surface area contributed by atoms with Crippen molar-refractivity contribution in [3.63, 3.8) is 0 Å². The van der Waals surface area contributed by atoms with Crippen molar-refractivity contribution in [1.29, 1.82) is 0 Å². The minimum absolute atomic E-state index is 0.102. The van der Waals surface area contributed by atoms with Gasteiger partial charge in [-0.3, -0.25) is 0 Å². The van der Waals surface area contributed by atoms with E-state index in [9.17, 15) is 19.5 Å². The van der Waals surface area contributed by atoms with E-state index in [0.717, 1.165) is 16.7 Å². The van der Waals surface area contributed by atoms with Gasteiger partial charge in [-0.15, -0.1) is 0 Å². The Morgan fingerprint density at radius 1 is 0.564 bits per heavy atom. The molecule has 7 rings (SSSR count). The van der Waals surface area contributed by atoms with Crippen LogP contribution < -0.4 is 21.6 Å². The summed E-state index contributed by atoms with van der Waals surface area (Å²) in [6.07, 6.45) is 0. The Morgan fingerprint density at radius 2 is 0.949 bits per heavy atom. The van der Waals surface area contributed by atoms with E-state index in [0.29, 0.717) is 10.8 Å². The number of ether oxygens (including phenoxy) is 1. The SMILES string of the molecule is Cc1ccc2oc(=O)c(C3c4c(c5cc(C)ccc5oc4=O)Oc4c3c(=O)oc3ccc(C)cc43)c(O)c2c1. The Bertz CT molecular complexity index is 2070. The fourth-order valence-corrected chi connectivity index (χ4v) is 5.43. The van der Waals surface area contributed by atoms with E-state index in [-0.39, 0.29) is 50.3 Å². The highest BCUT2D eigenvalue weighted by molar-refractivity contribution is 5.92. The van der Waals surface area contributed by atoms with Gasteiger partial charge in [-0.1, -0.05) is 34.9 Å². The van der Waals surface area contributed by atoms with Crippen LogP contribution in [0.1, 0.15) is 39.3 Å². The molecule has 39 heavy (non-hydrogen) atoms. The highest BCUT2D eigenvalue weighted by Gasteiger charge is 2.41. The van der Waals surface area contributed by atoms with E-state index in [4.69, 9.17) is 18.0 Å². The van der Waals surface area contributed by atoms with Gasteiger partial charge < -0.3 is 23.1 Å². The number of hydrogen-bond acceptors (Lipinski definition) is 8. The largest absolute Gasteiger partial charge is 0.507 e. The quantitative estimate of drug-likeness (QED) is 0.265. The number of aromatic hydroxyl groups is 1. The first-order valence-electron chi connectivity index (χ1n) is 12.3. The van der Waals surface area contributed by atoms with Crippen molar-refractivity contribution in [1.82, 2.24) is 0 Å². The van der Waals surface area contributed by atoms with Crippen LogP contribution in [0.4, 0.5) is 0 Å². The molecule has 1 aliphatic heterocycles. The van der Waals surface area contributed by atoms with E-state index in [1.165, 1.54) is 0 Å². The highest BCUT2D eigenvalue weighted by atomic mass is 16.5. The van der Waals surface area contributed by atoms with Gasteiger partial charge in [0.1, 0.15) is 34.0 Å². The summed E-state index contributed by atoms with van der Waals surface area (Å²) in [7, 11) is 0. The van der Waals surface area contributed by atoms with Gasteiger partial charge in [0, 0.05) is 0 Å². The van der Waals surface area contributed by atoms with Gasteiger partial charge in [0.15, 0.2) is 0 Å². The van der Waals surface area contributed by atoms with Gasteiger partial charge in [-0.2, -0.15) is 0 Å². The Kier molecular flexibility index (Phi) is 4.69. The van der Waals surface area contributed by atoms with Crippen LogP contribution in [0.25, 0.3) is 32.9 Å². The van der Waals surface area contributed by atoms with Gasteiger partial charge in [0.05, 0.1) is 38.8 Å². The van der Waals surface area contributed by atoms with Crippen molar-refractivity contribution >= 4 is 32.9 Å². The van der Waals surface area contributed by atoms with Crippen LogP contribution >= 0.6 is 0 Å². The third-order valence-electron chi connectivity index (χ3n) is 7.23. The van der Waals surface area contributed by atoms with Crippen molar-refractivity contribution in [3.05, 3.63) is 119 Å². The maximum atomic E-state index is 13.5. The molecule has 0 radical (unpaired) electrons. The molecule has 0 saturated heterocycles. The van der Waals surface area contributed by atoms with Crippen LogP contribution in [0.15, 0.2) is 82.2 Å².